The van der Waals surface area contributed by atoms with Crippen molar-refractivity contribution in [1.82, 2.24) is 0 Å². The summed E-state index contributed by atoms with van der Waals surface area (Å²) in [5, 5.41) is 0. The second-order valence-electron chi connectivity index (χ2n) is 5.68. The minimum absolute atomic E-state index is 0.151. The van der Waals surface area contributed by atoms with Gasteiger partial charge in [0.15, 0.2) is 0 Å². The van der Waals surface area contributed by atoms with Gasteiger partial charge in [0.2, 0.25) is 0 Å². The van der Waals surface area contributed by atoms with Gasteiger partial charge in [0, 0.05) is 18.6 Å². The number of hydrogen-bond acceptors (Lipinski definition) is 2. The molecular weight excluding hydrogens is 212 g/mol. The number of rotatable bonds is 12. The highest BCUT2D eigenvalue weighted by Gasteiger charge is 2.18. The summed E-state index contributed by atoms with van der Waals surface area (Å²) in [4.78, 5) is 0. The molecule has 0 rings (SSSR count). The fourth-order valence-electron chi connectivity index (χ4n) is 1.65. The lowest BCUT2D eigenvalue weighted by Gasteiger charge is -2.24. The molecule has 0 bridgehead atoms. The third-order valence-corrected chi connectivity index (χ3v) is 2.77. The predicted octanol–water partition coefficient (Wildman–Crippen LogP) is 4.43. The van der Waals surface area contributed by atoms with Crippen LogP contribution >= 0.6 is 0 Å². The van der Waals surface area contributed by atoms with Gasteiger partial charge < -0.3 is 9.47 Å². The second kappa shape index (κ2) is 11.0. The molecule has 0 N–H and O–H groups in total. The van der Waals surface area contributed by atoms with E-state index in [0.717, 1.165) is 26.4 Å². The van der Waals surface area contributed by atoms with Gasteiger partial charge in [-0.05, 0) is 12.8 Å². The topological polar surface area (TPSA) is 18.5 Å². The summed E-state index contributed by atoms with van der Waals surface area (Å²) in [7, 11) is 0. The van der Waals surface area contributed by atoms with Crippen LogP contribution in [0.1, 0.15) is 66.2 Å². The SMILES string of the molecule is CCCCCOCC(C)(C)COCCCCC. The van der Waals surface area contributed by atoms with Gasteiger partial charge in [-0.15, -0.1) is 0 Å². The molecule has 0 aliphatic carbocycles. The Morgan fingerprint density at radius 3 is 1.47 bits per heavy atom. The van der Waals surface area contributed by atoms with Gasteiger partial charge >= 0.3 is 0 Å². The smallest absolute Gasteiger partial charge is 0.0539 e. The Morgan fingerprint density at radius 2 is 1.12 bits per heavy atom. The van der Waals surface area contributed by atoms with E-state index in [4.69, 9.17) is 9.47 Å². The molecule has 17 heavy (non-hydrogen) atoms. The van der Waals surface area contributed by atoms with E-state index in [0.29, 0.717) is 0 Å². The highest BCUT2D eigenvalue weighted by molar-refractivity contribution is 4.66. The average molecular weight is 244 g/mol. The molecule has 0 aliphatic rings. The number of unbranched alkanes of at least 4 members (excludes halogenated alkanes) is 4. The molecule has 0 amide bonds. The van der Waals surface area contributed by atoms with Crippen molar-refractivity contribution >= 4 is 0 Å². The molecule has 0 aromatic carbocycles. The molecule has 0 spiro atoms. The summed E-state index contributed by atoms with van der Waals surface area (Å²) in [6, 6.07) is 0. The zero-order chi connectivity index (χ0) is 13.0. The lowest BCUT2D eigenvalue weighted by molar-refractivity contribution is -0.00499. The van der Waals surface area contributed by atoms with Crippen LogP contribution in [0.4, 0.5) is 0 Å². The predicted molar refractivity (Wildman–Crippen MR) is 74.5 cm³/mol. The van der Waals surface area contributed by atoms with Crippen molar-refractivity contribution in [2.45, 2.75) is 66.2 Å². The van der Waals surface area contributed by atoms with E-state index in [2.05, 4.69) is 27.7 Å². The van der Waals surface area contributed by atoms with Crippen LogP contribution in [0, 0.1) is 5.41 Å². The van der Waals surface area contributed by atoms with Crippen LogP contribution in [0.5, 0.6) is 0 Å². The van der Waals surface area contributed by atoms with E-state index < -0.39 is 0 Å². The van der Waals surface area contributed by atoms with Crippen LogP contribution in [-0.4, -0.2) is 26.4 Å². The molecule has 0 aromatic heterocycles. The Labute approximate surface area is 108 Å². The summed E-state index contributed by atoms with van der Waals surface area (Å²) in [6.45, 7) is 12.3. The number of ether oxygens (including phenoxy) is 2. The molecular formula is C15H32O2. The van der Waals surface area contributed by atoms with Crippen molar-refractivity contribution in [3.8, 4) is 0 Å². The summed E-state index contributed by atoms with van der Waals surface area (Å²) in [5.74, 6) is 0. The van der Waals surface area contributed by atoms with Crippen molar-refractivity contribution in [2.24, 2.45) is 5.41 Å². The molecule has 0 aromatic rings. The molecule has 2 heteroatoms. The van der Waals surface area contributed by atoms with E-state index >= 15 is 0 Å². The van der Waals surface area contributed by atoms with Crippen LogP contribution < -0.4 is 0 Å². The van der Waals surface area contributed by atoms with Gasteiger partial charge in [-0.3, -0.25) is 0 Å². The van der Waals surface area contributed by atoms with Gasteiger partial charge in [0.05, 0.1) is 13.2 Å². The highest BCUT2D eigenvalue weighted by Crippen LogP contribution is 2.16. The molecule has 2 nitrogen and oxygen atoms in total. The first kappa shape index (κ1) is 16.9. The van der Waals surface area contributed by atoms with Gasteiger partial charge in [0.1, 0.15) is 0 Å². The van der Waals surface area contributed by atoms with E-state index in [1.165, 1.54) is 38.5 Å². The van der Waals surface area contributed by atoms with Gasteiger partial charge in [-0.2, -0.15) is 0 Å². The van der Waals surface area contributed by atoms with Gasteiger partial charge in [-0.1, -0.05) is 53.4 Å². The van der Waals surface area contributed by atoms with Crippen LogP contribution in [0.25, 0.3) is 0 Å². The van der Waals surface area contributed by atoms with E-state index in [9.17, 15) is 0 Å². The molecule has 104 valence electrons. The molecule has 0 atom stereocenters. The minimum Gasteiger partial charge on any atom is -0.381 e. The Balaban J connectivity index is 3.38. The number of hydrogen-bond donors (Lipinski definition) is 0. The van der Waals surface area contributed by atoms with E-state index in [1.807, 2.05) is 0 Å². The summed E-state index contributed by atoms with van der Waals surface area (Å²) >= 11 is 0. The maximum Gasteiger partial charge on any atom is 0.0539 e. The summed E-state index contributed by atoms with van der Waals surface area (Å²) in [5.41, 5.74) is 0.151. The third kappa shape index (κ3) is 12.2. The van der Waals surface area contributed by atoms with Crippen LogP contribution in [-0.2, 0) is 9.47 Å². The van der Waals surface area contributed by atoms with Crippen molar-refractivity contribution in [3.05, 3.63) is 0 Å². The Hall–Kier alpha value is -0.0800. The first-order chi connectivity index (χ1) is 8.12. The van der Waals surface area contributed by atoms with E-state index in [1.54, 1.807) is 0 Å². The molecule has 0 fully saturated rings. The van der Waals surface area contributed by atoms with Gasteiger partial charge in [0.25, 0.3) is 0 Å². The standard InChI is InChI=1S/C15H32O2/c1-5-7-9-11-16-13-15(3,4)14-17-12-10-8-6-2/h5-14H2,1-4H3. The first-order valence-corrected chi connectivity index (χ1v) is 7.28. The molecule has 0 saturated carbocycles. The van der Waals surface area contributed by atoms with Crippen LogP contribution in [0.3, 0.4) is 0 Å². The van der Waals surface area contributed by atoms with Crippen molar-refractivity contribution < 1.29 is 9.47 Å². The monoisotopic (exact) mass is 244 g/mol. The Morgan fingerprint density at radius 1 is 0.706 bits per heavy atom. The van der Waals surface area contributed by atoms with Crippen LogP contribution in [0.2, 0.25) is 0 Å². The lowest BCUT2D eigenvalue weighted by atomic mass is 9.96. The van der Waals surface area contributed by atoms with Crippen LogP contribution in [0.15, 0.2) is 0 Å². The molecule has 0 unspecified atom stereocenters. The third-order valence-electron chi connectivity index (χ3n) is 2.77. The van der Waals surface area contributed by atoms with E-state index in [-0.39, 0.29) is 5.41 Å². The molecule has 0 aliphatic heterocycles. The zero-order valence-electron chi connectivity index (χ0n) is 12.4. The normalized spacial score (nSPS) is 12.0. The molecule has 0 saturated heterocycles. The highest BCUT2D eigenvalue weighted by atomic mass is 16.5. The Kier molecular flexibility index (Phi) is 11.0. The van der Waals surface area contributed by atoms with Crippen molar-refractivity contribution in [3.63, 3.8) is 0 Å². The minimum atomic E-state index is 0.151. The fraction of sp³-hybridized carbons (Fsp3) is 1.00. The average Bonchev–Trinajstić information content (AvgIpc) is 2.28. The van der Waals surface area contributed by atoms with Crippen molar-refractivity contribution in [2.75, 3.05) is 26.4 Å². The summed E-state index contributed by atoms with van der Waals surface area (Å²) in [6.07, 6.45) is 7.43. The molecule has 0 heterocycles. The largest absolute Gasteiger partial charge is 0.381 e. The quantitative estimate of drug-likeness (QED) is 0.473. The second-order valence-corrected chi connectivity index (χ2v) is 5.68. The fourth-order valence-corrected chi connectivity index (χ4v) is 1.65. The zero-order valence-corrected chi connectivity index (χ0v) is 12.4. The Bertz CT molecular complexity index is 139. The maximum absolute atomic E-state index is 5.70. The first-order valence-electron chi connectivity index (χ1n) is 7.28. The van der Waals surface area contributed by atoms with Gasteiger partial charge in [-0.25, -0.2) is 0 Å². The summed E-state index contributed by atoms with van der Waals surface area (Å²) < 4.78 is 11.4. The lowest BCUT2D eigenvalue weighted by Crippen LogP contribution is -2.26. The maximum atomic E-state index is 5.70. The van der Waals surface area contributed by atoms with Crippen molar-refractivity contribution in [1.29, 1.82) is 0 Å². The molecule has 0 radical (unpaired) electrons.